The molecule has 20 heavy (non-hydrogen) atoms. The SMILES string of the molecule is CCCC1CCN(CC2CC(CC)CCC2NCC)C1. The molecular formula is C18H36N2. The van der Waals surface area contributed by atoms with Crippen molar-refractivity contribution in [3.05, 3.63) is 0 Å². The Labute approximate surface area is 126 Å². The predicted octanol–water partition coefficient (Wildman–Crippen LogP) is 3.91. The summed E-state index contributed by atoms with van der Waals surface area (Å²) in [6.45, 7) is 12.2. The lowest BCUT2D eigenvalue weighted by Crippen LogP contribution is -2.45. The highest BCUT2D eigenvalue weighted by Crippen LogP contribution is 2.33. The molecule has 2 nitrogen and oxygen atoms in total. The Morgan fingerprint density at radius 3 is 2.60 bits per heavy atom. The molecule has 0 aromatic carbocycles. The molecule has 0 aromatic rings. The van der Waals surface area contributed by atoms with Crippen molar-refractivity contribution in [1.82, 2.24) is 10.2 Å². The molecule has 1 heterocycles. The lowest BCUT2D eigenvalue weighted by Gasteiger charge is -2.38. The third kappa shape index (κ3) is 4.46. The summed E-state index contributed by atoms with van der Waals surface area (Å²) in [6, 6.07) is 0.785. The van der Waals surface area contributed by atoms with E-state index in [1.54, 1.807) is 0 Å². The van der Waals surface area contributed by atoms with Crippen LogP contribution in [0.25, 0.3) is 0 Å². The quantitative estimate of drug-likeness (QED) is 0.760. The summed E-state index contributed by atoms with van der Waals surface area (Å²) in [6.07, 6.45) is 9.95. The van der Waals surface area contributed by atoms with Crippen molar-refractivity contribution in [2.45, 2.75) is 71.8 Å². The van der Waals surface area contributed by atoms with Crippen molar-refractivity contribution in [3.8, 4) is 0 Å². The standard InChI is InChI=1S/C18H36N2/c1-4-7-16-10-11-20(13-16)14-17-12-15(5-2)8-9-18(17)19-6-3/h15-19H,4-14H2,1-3H3. The Morgan fingerprint density at radius 2 is 1.90 bits per heavy atom. The second kappa shape index (κ2) is 8.38. The first-order valence-electron chi connectivity index (χ1n) is 9.22. The Hall–Kier alpha value is -0.0800. The summed E-state index contributed by atoms with van der Waals surface area (Å²) in [7, 11) is 0. The van der Waals surface area contributed by atoms with Gasteiger partial charge in [-0.1, -0.05) is 33.6 Å². The predicted molar refractivity (Wildman–Crippen MR) is 88.0 cm³/mol. The van der Waals surface area contributed by atoms with Gasteiger partial charge in [0.05, 0.1) is 0 Å². The van der Waals surface area contributed by atoms with Crippen LogP contribution in [0.5, 0.6) is 0 Å². The van der Waals surface area contributed by atoms with Crippen molar-refractivity contribution in [3.63, 3.8) is 0 Å². The van der Waals surface area contributed by atoms with Crippen molar-refractivity contribution in [2.75, 3.05) is 26.2 Å². The maximum absolute atomic E-state index is 3.76. The summed E-state index contributed by atoms with van der Waals surface area (Å²) in [5.41, 5.74) is 0. The first-order chi connectivity index (χ1) is 9.76. The number of rotatable bonds is 7. The molecule has 1 N–H and O–H groups in total. The van der Waals surface area contributed by atoms with Crippen molar-refractivity contribution >= 4 is 0 Å². The van der Waals surface area contributed by atoms with Gasteiger partial charge in [-0.15, -0.1) is 0 Å². The number of likely N-dealkylation sites (tertiary alicyclic amines) is 1. The van der Waals surface area contributed by atoms with E-state index in [0.717, 1.165) is 30.3 Å². The number of hydrogen-bond acceptors (Lipinski definition) is 2. The molecule has 1 saturated carbocycles. The van der Waals surface area contributed by atoms with Gasteiger partial charge >= 0.3 is 0 Å². The lowest BCUT2D eigenvalue weighted by molar-refractivity contribution is 0.150. The molecule has 2 heteroatoms. The molecule has 0 radical (unpaired) electrons. The van der Waals surface area contributed by atoms with Gasteiger partial charge in [0.2, 0.25) is 0 Å². The number of nitrogens with zero attached hydrogens (tertiary/aromatic N) is 1. The molecule has 0 amide bonds. The van der Waals surface area contributed by atoms with Gasteiger partial charge in [-0.2, -0.15) is 0 Å². The summed E-state index contributed by atoms with van der Waals surface area (Å²) in [5, 5.41) is 3.76. The molecule has 4 unspecified atom stereocenters. The summed E-state index contributed by atoms with van der Waals surface area (Å²) < 4.78 is 0. The third-order valence-electron chi connectivity index (χ3n) is 5.69. The molecule has 1 saturated heterocycles. The molecular weight excluding hydrogens is 244 g/mol. The average Bonchev–Trinajstić information content (AvgIpc) is 2.89. The van der Waals surface area contributed by atoms with Crippen LogP contribution in [0.2, 0.25) is 0 Å². The molecule has 0 aromatic heterocycles. The average molecular weight is 280 g/mol. The van der Waals surface area contributed by atoms with E-state index in [-0.39, 0.29) is 0 Å². The molecule has 2 rings (SSSR count). The van der Waals surface area contributed by atoms with Crippen LogP contribution in [0.15, 0.2) is 0 Å². The highest BCUT2D eigenvalue weighted by atomic mass is 15.2. The second-order valence-electron chi connectivity index (χ2n) is 7.21. The van der Waals surface area contributed by atoms with Gasteiger partial charge in [-0.05, 0) is 62.9 Å². The van der Waals surface area contributed by atoms with Crippen molar-refractivity contribution in [2.24, 2.45) is 17.8 Å². The van der Waals surface area contributed by atoms with E-state index in [2.05, 4.69) is 31.0 Å². The molecule has 2 fully saturated rings. The highest BCUT2D eigenvalue weighted by Gasteiger charge is 2.32. The summed E-state index contributed by atoms with van der Waals surface area (Å²) >= 11 is 0. The third-order valence-corrected chi connectivity index (χ3v) is 5.69. The van der Waals surface area contributed by atoms with Gasteiger partial charge in [0.25, 0.3) is 0 Å². The van der Waals surface area contributed by atoms with Crippen LogP contribution < -0.4 is 5.32 Å². The molecule has 2 aliphatic rings. The Bertz CT molecular complexity index is 266. The van der Waals surface area contributed by atoms with Gasteiger partial charge in [0, 0.05) is 19.1 Å². The van der Waals surface area contributed by atoms with Crippen LogP contribution in [0, 0.1) is 17.8 Å². The first-order valence-corrected chi connectivity index (χ1v) is 9.22. The molecule has 0 spiro atoms. The van der Waals surface area contributed by atoms with Crippen LogP contribution >= 0.6 is 0 Å². The maximum atomic E-state index is 3.76. The maximum Gasteiger partial charge on any atom is 0.0108 e. The highest BCUT2D eigenvalue weighted by molar-refractivity contribution is 4.88. The molecule has 4 atom stereocenters. The smallest absolute Gasteiger partial charge is 0.0108 e. The Morgan fingerprint density at radius 1 is 1.05 bits per heavy atom. The van der Waals surface area contributed by atoms with E-state index in [1.165, 1.54) is 64.6 Å². The van der Waals surface area contributed by atoms with E-state index in [1.807, 2.05) is 0 Å². The fourth-order valence-electron chi connectivity index (χ4n) is 4.52. The number of nitrogens with one attached hydrogen (secondary N) is 1. The molecule has 1 aliphatic heterocycles. The first kappa shape index (κ1) is 16.3. The van der Waals surface area contributed by atoms with E-state index in [0.29, 0.717) is 0 Å². The van der Waals surface area contributed by atoms with Crippen LogP contribution in [0.4, 0.5) is 0 Å². The van der Waals surface area contributed by atoms with E-state index in [9.17, 15) is 0 Å². The second-order valence-corrected chi connectivity index (χ2v) is 7.21. The van der Waals surface area contributed by atoms with Gasteiger partial charge < -0.3 is 10.2 Å². The summed E-state index contributed by atoms with van der Waals surface area (Å²) in [4.78, 5) is 2.77. The largest absolute Gasteiger partial charge is 0.314 e. The van der Waals surface area contributed by atoms with Gasteiger partial charge in [-0.25, -0.2) is 0 Å². The zero-order valence-corrected chi connectivity index (χ0v) is 14.0. The number of hydrogen-bond donors (Lipinski definition) is 1. The van der Waals surface area contributed by atoms with E-state index >= 15 is 0 Å². The summed E-state index contributed by atoms with van der Waals surface area (Å²) in [5.74, 6) is 2.88. The van der Waals surface area contributed by atoms with Crippen molar-refractivity contribution < 1.29 is 0 Å². The molecule has 118 valence electrons. The topological polar surface area (TPSA) is 15.3 Å². The van der Waals surface area contributed by atoms with E-state index < -0.39 is 0 Å². The lowest BCUT2D eigenvalue weighted by atomic mass is 9.76. The van der Waals surface area contributed by atoms with Crippen LogP contribution in [0.1, 0.15) is 65.7 Å². The minimum absolute atomic E-state index is 0.785. The normalized spacial score (nSPS) is 35.5. The zero-order chi connectivity index (χ0) is 14.4. The Kier molecular flexibility index (Phi) is 6.83. The minimum atomic E-state index is 0.785. The van der Waals surface area contributed by atoms with Gasteiger partial charge in [0.1, 0.15) is 0 Å². The van der Waals surface area contributed by atoms with Gasteiger partial charge in [0.15, 0.2) is 0 Å². The fourth-order valence-corrected chi connectivity index (χ4v) is 4.52. The van der Waals surface area contributed by atoms with Crippen LogP contribution in [-0.4, -0.2) is 37.1 Å². The van der Waals surface area contributed by atoms with Crippen LogP contribution in [0.3, 0.4) is 0 Å². The fraction of sp³-hybridized carbons (Fsp3) is 1.00. The van der Waals surface area contributed by atoms with Gasteiger partial charge in [-0.3, -0.25) is 0 Å². The monoisotopic (exact) mass is 280 g/mol. The minimum Gasteiger partial charge on any atom is -0.314 e. The Balaban J connectivity index is 1.84. The zero-order valence-electron chi connectivity index (χ0n) is 14.0. The van der Waals surface area contributed by atoms with E-state index in [4.69, 9.17) is 0 Å². The molecule has 0 bridgehead atoms. The van der Waals surface area contributed by atoms with Crippen molar-refractivity contribution in [1.29, 1.82) is 0 Å². The molecule has 1 aliphatic carbocycles. The van der Waals surface area contributed by atoms with Crippen LogP contribution in [-0.2, 0) is 0 Å².